The summed E-state index contributed by atoms with van der Waals surface area (Å²) < 4.78 is 19.6. The van der Waals surface area contributed by atoms with E-state index >= 15 is 0 Å². The molecule has 0 saturated carbocycles. The van der Waals surface area contributed by atoms with Crippen LogP contribution in [0, 0.1) is 5.92 Å². The molecule has 11 heteroatoms. The first-order valence-electron chi connectivity index (χ1n) is 8.96. The van der Waals surface area contributed by atoms with Crippen molar-refractivity contribution in [2.45, 2.75) is 130 Å². The molecule has 0 aromatic heterocycles. The van der Waals surface area contributed by atoms with Crippen LogP contribution in [0.5, 0.6) is 0 Å². The van der Waals surface area contributed by atoms with Crippen molar-refractivity contribution < 1.29 is 31.5 Å². The molecule has 208 valence electrons. The molecule has 0 aliphatic heterocycles. The molecule has 0 bridgehead atoms. The van der Waals surface area contributed by atoms with Gasteiger partial charge in [0.1, 0.15) is 0 Å². The maximum atomic E-state index is 8.12. The lowest BCUT2D eigenvalue weighted by Crippen LogP contribution is -2.56. The molecular weight excluding hydrogens is 489 g/mol. The van der Waals surface area contributed by atoms with Crippen molar-refractivity contribution in [1.29, 1.82) is 0 Å². The van der Waals surface area contributed by atoms with Crippen molar-refractivity contribution in [3.8, 4) is 0 Å². The van der Waals surface area contributed by atoms with E-state index in [9.17, 15) is 0 Å². The predicted molar refractivity (Wildman–Crippen MR) is 154 cm³/mol. The smallest absolute Gasteiger partial charge is 0.373 e. The highest BCUT2D eigenvalue weighted by Crippen LogP contribution is 2.28. The lowest BCUT2D eigenvalue weighted by molar-refractivity contribution is -0.193. The topological polar surface area (TPSA) is 96.0 Å². The molecule has 7 nitrogen and oxygen atoms in total. The van der Waals surface area contributed by atoms with E-state index < -0.39 is 33.8 Å². The zero-order valence-corrected chi connectivity index (χ0v) is 22.8. The van der Waals surface area contributed by atoms with E-state index in [4.69, 9.17) is 31.5 Å². The van der Waals surface area contributed by atoms with Crippen LogP contribution in [-0.2, 0) is 31.5 Å². The van der Waals surface area contributed by atoms with Crippen molar-refractivity contribution in [2.75, 3.05) is 0 Å². The molecule has 1 unspecified atom stereocenters. The molecule has 33 heavy (non-hydrogen) atoms. The Balaban J connectivity index is -0.0000000617. The van der Waals surface area contributed by atoms with Gasteiger partial charge in [-0.15, -0.1) is 0 Å². The first-order chi connectivity index (χ1) is 11.9. The van der Waals surface area contributed by atoms with E-state index in [1.54, 1.807) is 0 Å². The van der Waals surface area contributed by atoms with Crippen molar-refractivity contribution in [2.24, 2.45) is 5.92 Å². The Bertz CT molecular complexity index is 464. The Hall–Kier alpha value is -0.492. The van der Waals surface area contributed by atoms with Crippen LogP contribution in [-0.4, -0.2) is 46.1 Å². The zero-order chi connectivity index (χ0) is 22.5. The molecule has 0 spiro atoms. The SMILES string of the molecule is C.C.C.C.C.C.CC(C)CC[Si](C)(O[Si](C)(C)C)O[Si](C)(C)O[Si](C)(C)C.O=C=O.O=C=O. The second-order valence-electron chi connectivity index (χ2n) is 9.16. The molecule has 0 rings (SSSR count). The highest BCUT2D eigenvalue weighted by Gasteiger charge is 2.44. The highest BCUT2D eigenvalue weighted by molar-refractivity contribution is 6.89. The van der Waals surface area contributed by atoms with Gasteiger partial charge in [0, 0.05) is 0 Å². The lowest BCUT2D eigenvalue weighted by Gasteiger charge is -2.41. The van der Waals surface area contributed by atoms with Crippen LogP contribution < -0.4 is 0 Å². The number of hydrogen-bond acceptors (Lipinski definition) is 7. The Morgan fingerprint density at radius 2 is 0.848 bits per heavy atom. The van der Waals surface area contributed by atoms with Gasteiger partial charge in [0.25, 0.3) is 0 Å². The Morgan fingerprint density at radius 1 is 0.576 bits per heavy atom. The third kappa shape index (κ3) is 49.6. The maximum absolute atomic E-state index is 8.12. The first-order valence-corrected chi connectivity index (χ1v) is 21.1. The van der Waals surface area contributed by atoms with E-state index in [1.165, 1.54) is 6.42 Å². The van der Waals surface area contributed by atoms with Gasteiger partial charge in [-0.1, -0.05) is 58.4 Å². The summed E-state index contributed by atoms with van der Waals surface area (Å²) in [6.45, 7) is 24.6. The minimum atomic E-state index is -2.16. The normalized spacial score (nSPS) is 11.4. The van der Waals surface area contributed by atoms with Gasteiger partial charge in [0.15, 0.2) is 16.6 Å². The second-order valence-corrected chi connectivity index (χ2v) is 25.6. The van der Waals surface area contributed by atoms with E-state index in [1.807, 2.05) is 0 Å². The largest absolute Gasteiger partial charge is 0.437 e. The fraction of sp³-hybridized carbons (Fsp3) is 0.909. The standard InChI is InChI=1S/C14H38O3Si4.2CO2.6CH4/c1-14(2)12-13-21(11,16-19(6,7)8)17-20(9,10)15-18(3,4)5;2*2-1-3;;;;;;/h14H,12-13H2,1-11H3;;;6*1H4. The van der Waals surface area contributed by atoms with Gasteiger partial charge < -0.3 is 12.3 Å². The molecule has 0 radical (unpaired) electrons. The minimum absolute atomic E-state index is 0. The van der Waals surface area contributed by atoms with Crippen LogP contribution in [0.25, 0.3) is 0 Å². The fourth-order valence-electron chi connectivity index (χ4n) is 2.60. The van der Waals surface area contributed by atoms with Gasteiger partial charge in [-0.05, 0) is 77.3 Å². The summed E-state index contributed by atoms with van der Waals surface area (Å²) in [5, 5.41) is 0. The summed E-state index contributed by atoms with van der Waals surface area (Å²) in [6, 6.07) is 1.07. The van der Waals surface area contributed by atoms with Crippen molar-refractivity contribution in [1.82, 2.24) is 0 Å². The average molecular weight is 551 g/mol. The van der Waals surface area contributed by atoms with E-state index in [0.717, 1.165) is 6.04 Å². The molecule has 0 fully saturated rings. The van der Waals surface area contributed by atoms with E-state index in [2.05, 4.69) is 72.8 Å². The van der Waals surface area contributed by atoms with Crippen molar-refractivity contribution >= 4 is 46.1 Å². The zero-order valence-electron chi connectivity index (χ0n) is 18.8. The van der Waals surface area contributed by atoms with Crippen LogP contribution >= 0.6 is 0 Å². The van der Waals surface area contributed by atoms with Crippen LogP contribution in [0.2, 0.25) is 65.0 Å². The second kappa shape index (κ2) is 26.1. The third-order valence-corrected chi connectivity index (χ3v) is 16.2. The first kappa shape index (κ1) is 58.4. The Kier molecular flexibility index (Phi) is 46.2. The summed E-state index contributed by atoms with van der Waals surface area (Å²) in [5.41, 5.74) is 0. The van der Waals surface area contributed by atoms with E-state index in [-0.39, 0.29) is 56.9 Å². The molecule has 0 amide bonds. The average Bonchev–Trinajstić information content (AvgIpc) is 2.32. The number of hydrogen-bond donors (Lipinski definition) is 0. The quantitative estimate of drug-likeness (QED) is 0.267. The molecule has 0 aromatic carbocycles. The van der Waals surface area contributed by atoms with Gasteiger partial charge in [-0.25, -0.2) is 0 Å². The van der Waals surface area contributed by atoms with Gasteiger partial charge in [-0.2, -0.15) is 19.2 Å². The Labute approximate surface area is 213 Å². The lowest BCUT2D eigenvalue weighted by atomic mass is 10.2. The summed E-state index contributed by atoms with van der Waals surface area (Å²) in [4.78, 5) is 32.5. The summed E-state index contributed by atoms with van der Waals surface area (Å²) in [6.07, 6.45) is 1.67. The van der Waals surface area contributed by atoms with Crippen LogP contribution in [0.15, 0.2) is 0 Å². The van der Waals surface area contributed by atoms with Crippen molar-refractivity contribution in [3.63, 3.8) is 0 Å². The number of carbonyl (C=O) groups excluding carboxylic acids is 4. The van der Waals surface area contributed by atoms with Gasteiger partial charge in [0.05, 0.1) is 0 Å². The van der Waals surface area contributed by atoms with Crippen LogP contribution in [0.4, 0.5) is 0 Å². The van der Waals surface area contributed by atoms with Crippen molar-refractivity contribution in [3.05, 3.63) is 0 Å². The molecular formula is C22H62O7Si4. The number of rotatable bonds is 9. The molecule has 0 aliphatic rings. The fourth-order valence-corrected chi connectivity index (χ4v) is 20.8. The van der Waals surface area contributed by atoms with Gasteiger partial charge >= 0.3 is 29.4 Å². The molecule has 0 aliphatic carbocycles. The van der Waals surface area contributed by atoms with E-state index in [0.29, 0.717) is 5.92 Å². The monoisotopic (exact) mass is 550 g/mol. The van der Waals surface area contributed by atoms with Crippen LogP contribution in [0.3, 0.4) is 0 Å². The molecule has 0 aromatic rings. The van der Waals surface area contributed by atoms with Crippen LogP contribution in [0.1, 0.15) is 64.8 Å². The predicted octanol–water partition coefficient (Wildman–Crippen LogP) is 8.18. The van der Waals surface area contributed by atoms with Gasteiger partial charge in [0.2, 0.25) is 0 Å². The molecule has 0 heterocycles. The Morgan fingerprint density at radius 3 is 1.06 bits per heavy atom. The maximum Gasteiger partial charge on any atom is 0.373 e. The highest BCUT2D eigenvalue weighted by atomic mass is 28.5. The summed E-state index contributed by atoms with van der Waals surface area (Å²) in [7, 11) is -7.48. The molecule has 0 saturated heterocycles. The van der Waals surface area contributed by atoms with Gasteiger partial charge in [-0.3, -0.25) is 0 Å². The summed E-state index contributed by atoms with van der Waals surface area (Å²) in [5.74, 6) is 0.688. The molecule has 0 N–H and O–H groups in total. The third-order valence-electron chi connectivity index (χ3n) is 2.71. The minimum Gasteiger partial charge on any atom is -0.437 e. The molecule has 1 atom stereocenters. The summed E-state index contributed by atoms with van der Waals surface area (Å²) >= 11 is 0.